The zero-order valence-corrected chi connectivity index (χ0v) is 10.5. The van der Waals surface area contributed by atoms with Crippen LogP contribution in [0.3, 0.4) is 0 Å². The average Bonchev–Trinajstić information content (AvgIpc) is 2.75. The second kappa shape index (κ2) is 4.88. The molecule has 1 aliphatic heterocycles. The Bertz CT molecular complexity index is 371. The maximum Gasteiger partial charge on any atom is 0.275 e. The van der Waals surface area contributed by atoms with Crippen LogP contribution in [0.2, 0.25) is 0 Å². The third-order valence-corrected chi connectivity index (χ3v) is 3.59. The first kappa shape index (κ1) is 11.5. The molecule has 0 radical (unpaired) electrons. The van der Waals surface area contributed by atoms with Crippen LogP contribution in [-0.2, 0) is 0 Å². The van der Waals surface area contributed by atoms with Gasteiger partial charge in [-0.3, -0.25) is 4.79 Å². The predicted octanol–water partition coefficient (Wildman–Crippen LogP) is 0.624. The van der Waals surface area contributed by atoms with Crippen molar-refractivity contribution in [3.8, 4) is 0 Å². The number of aromatic nitrogens is 2. The SMILES string of the molecule is CCN1CCN(C(=O)c2nnsc2C)CC1. The summed E-state index contributed by atoms with van der Waals surface area (Å²) in [5.41, 5.74) is 0.523. The highest BCUT2D eigenvalue weighted by Crippen LogP contribution is 2.12. The third-order valence-electron chi connectivity index (χ3n) is 2.96. The molecule has 2 rings (SSSR count). The van der Waals surface area contributed by atoms with E-state index in [2.05, 4.69) is 21.4 Å². The zero-order chi connectivity index (χ0) is 11.5. The molecule has 88 valence electrons. The quantitative estimate of drug-likeness (QED) is 0.760. The summed E-state index contributed by atoms with van der Waals surface area (Å²) in [5, 5.41) is 3.89. The highest BCUT2D eigenvalue weighted by molar-refractivity contribution is 7.05. The fourth-order valence-corrected chi connectivity index (χ4v) is 2.31. The Kier molecular flexibility index (Phi) is 3.50. The second-order valence-electron chi connectivity index (χ2n) is 3.90. The van der Waals surface area contributed by atoms with Gasteiger partial charge >= 0.3 is 0 Å². The van der Waals surface area contributed by atoms with Crippen molar-refractivity contribution in [1.29, 1.82) is 0 Å². The van der Waals surface area contributed by atoms with Gasteiger partial charge in [-0.1, -0.05) is 11.4 Å². The van der Waals surface area contributed by atoms with Gasteiger partial charge in [0.15, 0.2) is 5.69 Å². The lowest BCUT2D eigenvalue weighted by Crippen LogP contribution is -2.48. The molecule has 0 bridgehead atoms. The van der Waals surface area contributed by atoms with E-state index in [1.165, 1.54) is 11.5 Å². The van der Waals surface area contributed by atoms with Crippen LogP contribution >= 0.6 is 11.5 Å². The molecule has 5 nitrogen and oxygen atoms in total. The van der Waals surface area contributed by atoms with Gasteiger partial charge in [-0.2, -0.15) is 0 Å². The summed E-state index contributed by atoms with van der Waals surface area (Å²) in [4.78, 5) is 17.2. The second-order valence-corrected chi connectivity index (χ2v) is 4.86. The lowest BCUT2D eigenvalue weighted by Gasteiger charge is -2.33. The van der Waals surface area contributed by atoms with Gasteiger partial charge in [0.1, 0.15) is 0 Å². The van der Waals surface area contributed by atoms with Crippen LogP contribution in [0.1, 0.15) is 22.3 Å². The molecule has 1 aromatic rings. The number of nitrogens with zero attached hydrogens (tertiary/aromatic N) is 4. The minimum absolute atomic E-state index is 0.0296. The van der Waals surface area contributed by atoms with E-state index in [0.717, 1.165) is 37.6 Å². The number of hydrogen-bond acceptors (Lipinski definition) is 5. The predicted molar refractivity (Wildman–Crippen MR) is 62.7 cm³/mol. The largest absolute Gasteiger partial charge is 0.335 e. The lowest BCUT2D eigenvalue weighted by molar-refractivity contribution is 0.0637. The molecule has 6 heteroatoms. The minimum atomic E-state index is 0.0296. The van der Waals surface area contributed by atoms with E-state index < -0.39 is 0 Å². The van der Waals surface area contributed by atoms with Crippen LogP contribution in [0.4, 0.5) is 0 Å². The summed E-state index contributed by atoms with van der Waals surface area (Å²) in [6, 6.07) is 0. The van der Waals surface area contributed by atoms with Gasteiger partial charge in [-0.25, -0.2) is 0 Å². The van der Waals surface area contributed by atoms with Gasteiger partial charge < -0.3 is 9.80 Å². The Morgan fingerprint density at radius 3 is 2.56 bits per heavy atom. The summed E-state index contributed by atoms with van der Waals surface area (Å²) >= 11 is 1.28. The summed E-state index contributed by atoms with van der Waals surface area (Å²) in [5.74, 6) is 0.0296. The van der Waals surface area contributed by atoms with E-state index in [1.54, 1.807) is 0 Å². The molecule has 0 aliphatic carbocycles. The number of amides is 1. The van der Waals surface area contributed by atoms with Gasteiger partial charge in [-0.05, 0) is 25.0 Å². The number of aryl methyl sites for hydroxylation is 1. The van der Waals surface area contributed by atoms with Crippen molar-refractivity contribution < 1.29 is 4.79 Å². The number of carbonyl (C=O) groups is 1. The first-order chi connectivity index (χ1) is 7.72. The van der Waals surface area contributed by atoms with Gasteiger partial charge in [0.05, 0.1) is 4.88 Å². The van der Waals surface area contributed by atoms with Crippen LogP contribution in [-0.4, -0.2) is 58.0 Å². The lowest BCUT2D eigenvalue weighted by atomic mass is 10.2. The molecule has 1 amide bonds. The fraction of sp³-hybridized carbons (Fsp3) is 0.700. The third kappa shape index (κ3) is 2.22. The molecule has 1 aliphatic rings. The molecule has 0 atom stereocenters. The van der Waals surface area contributed by atoms with E-state index >= 15 is 0 Å². The van der Waals surface area contributed by atoms with E-state index in [1.807, 2.05) is 11.8 Å². The van der Waals surface area contributed by atoms with Crippen LogP contribution in [0.15, 0.2) is 0 Å². The van der Waals surface area contributed by atoms with Gasteiger partial charge in [0.2, 0.25) is 0 Å². The number of rotatable bonds is 2. The summed E-state index contributed by atoms with van der Waals surface area (Å²) < 4.78 is 3.80. The molecule has 0 N–H and O–H groups in total. The first-order valence-electron chi connectivity index (χ1n) is 5.53. The zero-order valence-electron chi connectivity index (χ0n) is 9.64. The molecule has 1 fully saturated rings. The molecule has 16 heavy (non-hydrogen) atoms. The highest BCUT2D eigenvalue weighted by atomic mass is 32.1. The van der Waals surface area contributed by atoms with E-state index in [4.69, 9.17) is 0 Å². The van der Waals surface area contributed by atoms with E-state index in [9.17, 15) is 4.79 Å². The normalized spacial score (nSPS) is 17.8. The van der Waals surface area contributed by atoms with Crippen LogP contribution in [0, 0.1) is 6.92 Å². The maximum atomic E-state index is 12.1. The van der Waals surface area contributed by atoms with Crippen molar-refractivity contribution in [2.24, 2.45) is 0 Å². The fourth-order valence-electron chi connectivity index (χ4n) is 1.85. The molecular weight excluding hydrogens is 224 g/mol. The minimum Gasteiger partial charge on any atom is -0.335 e. The number of piperazine rings is 1. The maximum absolute atomic E-state index is 12.1. The van der Waals surface area contributed by atoms with Crippen molar-refractivity contribution >= 4 is 17.4 Å². The van der Waals surface area contributed by atoms with E-state index in [0.29, 0.717) is 5.69 Å². The molecule has 0 aromatic carbocycles. The Labute approximate surface area is 99.2 Å². The molecular formula is C10H16N4OS. The van der Waals surface area contributed by atoms with Crippen LogP contribution < -0.4 is 0 Å². The Hall–Kier alpha value is -1.01. The summed E-state index contributed by atoms with van der Waals surface area (Å²) in [6.07, 6.45) is 0. The Morgan fingerprint density at radius 1 is 1.38 bits per heavy atom. The standard InChI is InChI=1S/C10H16N4OS/c1-3-13-4-6-14(7-5-13)10(15)9-8(2)16-12-11-9/h3-7H2,1-2H3. The number of hydrogen-bond donors (Lipinski definition) is 0. The summed E-state index contributed by atoms with van der Waals surface area (Å²) in [6.45, 7) is 8.59. The Balaban J connectivity index is 2.00. The highest BCUT2D eigenvalue weighted by Gasteiger charge is 2.24. The van der Waals surface area contributed by atoms with Crippen molar-refractivity contribution in [2.75, 3.05) is 32.7 Å². The molecule has 0 unspecified atom stereocenters. The topological polar surface area (TPSA) is 49.3 Å². The van der Waals surface area contributed by atoms with Gasteiger partial charge in [0, 0.05) is 26.2 Å². The van der Waals surface area contributed by atoms with Crippen LogP contribution in [0.25, 0.3) is 0 Å². The van der Waals surface area contributed by atoms with Gasteiger partial charge in [-0.15, -0.1) is 5.10 Å². The smallest absolute Gasteiger partial charge is 0.275 e. The Morgan fingerprint density at radius 2 is 2.06 bits per heavy atom. The number of carbonyl (C=O) groups excluding carboxylic acids is 1. The average molecular weight is 240 g/mol. The monoisotopic (exact) mass is 240 g/mol. The number of likely N-dealkylation sites (N-methyl/N-ethyl adjacent to an activating group) is 1. The molecule has 0 spiro atoms. The van der Waals surface area contributed by atoms with Crippen molar-refractivity contribution in [3.63, 3.8) is 0 Å². The first-order valence-corrected chi connectivity index (χ1v) is 6.30. The van der Waals surface area contributed by atoms with E-state index in [-0.39, 0.29) is 5.91 Å². The summed E-state index contributed by atoms with van der Waals surface area (Å²) in [7, 11) is 0. The van der Waals surface area contributed by atoms with Crippen molar-refractivity contribution in [2.45, 2.75) is 13.8 Å². The van der Waals surface area contributed by atoms with Crippen LogP contribution in [0.5, 0.6) is 0 Å². The molecule has 2 heterocycles. The van der Waals surface area contributed by atoms with Crippen molar-refractivity contribution in [3.05, 3.63) is 10.6 Å². The molecule has 0 saturated carbocycles. The van der Waals surface area contributed by atoms with Gasteiger partial charge in [0.25, 0.3) is 5.91 Å². The molecule has 1 saturated heterocycles. The molecule has 1 aromatic heterocycles. The van der Waals surface area contributed by atoms with Crippen molar-refractivity contribution in [1.82, 2.24) is 19.4 Å².